The van der Waals surface area contributed by atoms with Gasteiger partial charge in [0.2, 0.25) is 0 Å². The van der Waals surface area contributed by atoms with Gasteiger partial charge in [-0.15, -0.1) is 0 Å². The van der Waals surface area contributed by atoms with Crippen LogP contribution in [0.25, 0.3) is 0 Å². The van der Waals surface area contributed by atoms with Crippen LogP contribution in [0.2, 0.25) is 0 Å². The first-order chi connectivity index (χ1) is 9.08. The Bertz CT molecular complexity index is 576. The highest BCUT2D eigenvalue weighted by Gasteiger charge is 2.09. The van der Waals surface area contributed by atoms with Crippen LogP contribution >= 0.6 is 0 Å². The summed E-state index contributed by atoms with van der Waals surface area (Å²) < 4.78 is 5.62. The first-order valence-corrected chi connectivity index (χ1v) is 5.92. The monoisotopic (exact) mass is 257 g/mol. The molecule has 0 saturated heterocycles. The molecule has 0 aromatic heterocycles. The average Bonchev–Trinajstić information content (AvgIpc) is 2.39. The van der Waals surface area contributed by atoms with E-state index in [-0.39, 0.29) is 0 Å². The minimum Gasteiger partial charge on any atom is -0.457 e. The molecule has 0 heterocycles. The molecule has 0 bridgehead atoms. The molecule has 0 aliphatic carbocycles. The molecule has 0 aliphatic rings. The molecule has 98 valence electrons. The summed E-state index contributed by atoms with van der Waals surface area (Å²) in [5.41, 5.74) is 6.42. The highest BCUT2D eigenvalue weighted by Crippen LogP contribution is 2.26. The maximum absolute atomic E-state index is 11.3. The van der Waals surface area contributed by atoms with E-state index < -0.39 is 12.0 Å². The maximum Gasteiger partial charge on any atom is 0.252 e. The molecule has 4 nitrogen and oxygen atoms in total. The number of aliphatic hydroxyl groups is 1. The third kappa shape index (κ3) is 3.11. The minimum absolute atomic E-state index is 0.335. The van der Waals surface area contributed by atoms with Gasteiger partial charge in [-0.3, -0.25) is 4.79 Å². The van der Waals surface area contributed by atoms with Crippen LogP contribution in [-0.4, -0.2) is 11.0 Å². The van der Waals surface area contributed by atoms with Crippen molar-refractivity contribution >= 4 is 5.91 Å². The van der Waals surface area contributed by atoms with E-state index >= 15 is 0 Å². The van der Waals surface area contributed by atoms with Gasteiger partial charge in [-0.2, -0.15) is 0 Å². The zero-order chi connectivity index (χ0) is 13.8. The van der Waals surface area contributed by atoms with E-state index in [4.69, 9.17) is 10.5 Å². The zero-order valence-corrected chi connectivity index (χ0v) is 10.5. The SMILES string of the molecule is C[C@@H](O)c1ccc(Oc2ccccc2C(N)=O)cc1. The quantitative estimate of drug-likeness (QED) is 0.884. The van der Waals surface area contributed by atoms with Crippen molar-refractivity contribution in [3.05, 3.63) is 59.7 Å². The molecule has 3 N–H and O–H groups in total. The van der Waals surface area contributed by atoms with Crippen molar-refractivity contribution in [2.24, 2.45) is 5.73 Å². The molecule has 19 heavy (non-hydrogen) atoms. The summed E-state index contributed by atoms with van der Waals surface area (Å²) in [6.07, 6.45) is -0.521. The summed E-state index contributed by atoms with van der Waals surface area (Å²) in [4.78, 5) is 11.3. The Labute approximate surface area is 111 Å². The third-order valence-electron chi connectivity index (χ3n) is 2.74. The Hall–Kier alpha value is -2.33. The number of amides is 1. The van der Waals surface area contributed by atoms with Gasteiger partial charge in [0, 0.05) is 0 Å². The Morgan fingerprint density at radius 3 is 2.37 bits per heavy atom. The van der Waals surface area contributed by atoms with Crippen molar-refractivity contribution in [2.45, 2.75) is 13.0 Å². The molecule has 0 saturated carbocycles. The normalized spacial score (nSPS) is 11.9. The molecule has 0 radical (unpaired) electrons. The second-order valence-corrected chi connectivity index (χ2v) is 4.21. The van der Waals surface area contributed by atoms with Gasteiger partial charge in [0.05, 0.1) is 11.7 Å². The molecule has 0 unspecified atom stereocenters. The van der Waals surface area contributed by atoms with Gasteiger partial charge in [0.1, 0.15) is 11.5 Å². The number of carbonyl (C=O) groups excluding carboxylic acids is 1. The summed E-state index contributed by atoms with van der Waals surface area (Å²) in [6.45, 7) is 1.69. The van der Waals surface area contributed by atoms with E-state index in [1.54, 1.807) is 55.5 Å². The molecule has 1 atom stereocenters. The van der Waals surface area contributed by atoms with Gasteiger partial charge in [-0.1, -0.05) is 24.3 Å². The summed E-state index contributed by atoms with van der Waals surface area (Å²) in [5, 5.41) is 9.42. The van der Waals surface area contributed by atoms with E-state index in [1.807, 2.05) is 0 Å². The third-order valence-corrected chi connectivity index (χ3v) is 2.74. The lowest BCUT2D eigenvalue weighted by Crippen LogP contribution is -2.11. The second-order valence-electron chi connectivity index (χ2n) is 4.21. The van der Waals surface area contributed by atoms with Crippen LogP contribution in [0, 0.1) is 0 Å². The summed E-state index contributed by atoms with van der Waals surface area (Å²) in [5.74, 6) is 0.467. The van der Waals surface area contributed by atoms with Crippen LogP contribution in [0.4, 0.5) is 0 Å². The second kappa shape index (κ2) is 5.54. The van der Waals surface area contributed by atoms with Crippen molar-refractivity contribution in [1.82, 2.24) is 0 Å². The summed E-state index contributed by atoms with van der Waals surface area (Å²) in [7, 11) is 0. The first kappa shape index (κ1) is 13.1. The Kier molecular flexibility index (Phi) is 3.82. The molecule has 0 spiro atoms. The van der Waals surface area contributed by atoms with Crippen LogP contribution < -0.4 is 10.5 Å². The Morgan fingerprint density at radius 1 is 1.16 bits per heavy atom. The number of hydrogen-bond acceptors (Lipinski definition) is 3. The fraction of sp³-hybridized carbons (Fsp3) is 0.133. The molecule has 2 aromatic carbocycles. The molecular weight excluding hydrogens is 242 g/mol. The number of rotatable bonds is 4. The number of nitrogens with two attached hydrogens (primary N) is 1. The van der Waals surface area contributed by atoms with Crippen molar-refractivity contribution in [3.63, 3.8) is 0 Å². The van der Waals surface area contributed by atoms with E-state index in [2.05, 4.69) is 0 Å². The van der Waals surface area contributed by atoms with Crippen molar-refractivity contribution in [2.75, 3.05) is 0 Å². The van der Waals surface area contributed by atoms with E-state index in [1.165, 1.54) is 0 Å². The zero-order valence-electron chi connectivity index (χ0n) is 10.5. The largest absolute Gasteiger partial charge is 0.457 e. The van der Waals surface area contributed by atoms with Crippen LogP contribution in [0.3, 0.4) is 0 Å². The number of benzene rings is 2. The topological polar surface area (TPSA) is 72.6 Å². The predicted octanol–water partition coefficient (Wildman–Crippen LogP) is 2.63. The fourth-order valence-corrected chi connectivity index (χ4v) is 1.70. The standard InChI is InChI=1S/C15H15NO3/c1-10(17)11-6-8-12(9-7-11)19-14-5-3-2-4-13(14)15(16)18/h2-10,17H,1H3,(H2,16,18)/t10-/m1/s1. The van der Waals surface area contributed by atoms with Crippen LogP contribution in [0.15, 0.2) is 48.5 Å². The fourth-order valence-electron chi connectivity index (χ4n) is 1.70. The smallest absolute Gasteiger partial charge is 0.252 e. The number of aliphatic hydroxyl groups excluding tert-OH is 1. The molecule has 0 fully saturated rings. The highest BCUT2D eigenvalue weighted by molar-refractivity contribution is 5.95. The average molecular weight is 257 g/mol. The lowest BCUT2D eigenvalue weighted by atomic mass is 10.1. The van der Waals surface area contributed by atoms with Gasteiger partial charge < -0.3 is 15.6 Å². The van der Waals surface area contributed by atoms with Crippen molar-refractivity contribution in [1.29, 1.82) is 0 Å². The number of primary amides is 1. The lowest BCUT2D eigenvalue weighted by Gasteiger charge is -2.10. The van der Waals surface area contributed by atoms with E-state index in [9.17, 15) is 9.90 Å². The lowest BCUT2D eigenvalue weighted by molar-refractivity contribution is 0.0998. The molecular formula is C15H15NO3. The van der Waals surface area contributed by atoms with Gasteiger partial charge >= 0.3 is 0 Å². The van der Waals surface area contributed by atoms with Crippen molar-refractivity contribution < 1.29 is 14.6 Å². The van der Waals surface area contributed by atoms with Crippen LogP contribution in [0.5, 0.6) is 11.5 Å². The predicted molar refractivity (Wildman–Crippen MR) is 72.1 cm³/mol. The Balaban J connectivity index is 2.24. The summed E-state index contributed by atoms with van der Waals surface area (Å²) >= 11 is 0. The van der Waals surface area contributed by atoms with E-state index in [0.29, 0.717) is 17.1 Å². The number of carbonyl (C=O) groups is 1. The maximum atomic E-state index is 11.3. The van der Waals surface area contributed by atoms with Gasteiger partial charge in [-0.25, -0.2) is 0 Å². The number of hydrogen-bond donors (Lipinski definition) is 2. The first-order valence-electron chi connectivity index (χ1n) is 5.92. The summed E-state index contributed by atoms with van der Waals surface area (Å²) in [6, 6.07) is 13.8. The highest BCUT2D eigenvalue weighted by atomic mass is 16.5. The number of ether oxygens (including phenoxy) is 1. The van der Waals surface area contributed by atoms with Gasteiger partial charge in [0.25, 0.3) is 5.91 Å². The van der Waals surface area contributed by atoms with Crippen LogP contribution in [0.1, 0.15) is 28.9 Å². The minimum atomic E-state index is -0.531. The number of para-hydroxylation sites is 1. The van der Waals surface area contributed by atoms with Crippen LogP contribution in [-0.2, 0) is 0 Å². The van der Waals surface area contributed by atoms with E-state index in [0.717, 1.165) is 5.56 Å². The molecule has 0 aliphatic heterocycles. The van der Waals surface area contributed by atoms with Crippen molar-refractivity contribution in [3.8, 4) is 11.5 Å². The van der Waals surface area contributed by atoms with Gasteiger partial charge in [-0.05, 0) is 36.8 Å². The van der Waals surface area contributed by atoms with Gasteiger partial charge in [0.15, 0.2) is 0 Å². The molecule has 2 aromatic rings. The molecule has 2 rings (SSSR count). The molecule has 4 heteroatoms. The molecule has 1 amide bonds. The Morgan fingerprint density at radius 2 is 1.79 bits per heavy atom.